The first-order valence-electron chi connectivity index (χ1n) is 5.94. The zero-order valence-electron chi connectivity index (χ0n) is 10.2. The number of H-pyrrole nitrogens is 1. The van der Waals surface area contributed by atoms with Crippen LogP contribution in [-0.2, 0) is 11.2 Å². The summed E-state index contributed by atoms with van der Waals surface area (Å²) < 4.78 is 4.95. The Morgan fingerprint density at radius 2 is 2.32 bits per heavy atom. The first-order valence-corrected chi connectivity index (χ1v) is 5.94. The third-order valence-electron chi connectivity index (χ3n) is 2.69. The number of nitriles is 1. The molecule has 2 aromatic rings. The number of hydrogen-bond donors (Lipinski definition) is 2. The van der Waals surface area contributed by atoms with E-state index in [0.29, 0.717) is 24.1 Å². The van der Waals surface area contributed by atoms with E-state index < -0.39 is 5.76 Å². The van der Waals surface area contributed by atoms with Crippen molar-refractivity contribution in [2.24, 2.45) is 0 Å². The van der Waals surface area contributed by atoms with Gasteiger partial charge < -0.3 is 9.73 Å². The number of aromatic nitrogens is 1. The Labute approximate surface area is 109 Å². The molecule has 0 aliphatic rings. The van der Waals surface area contributed by atoms with Crippen LogP contribution in [0.25, 0.3) is 11.1 Å². The van der Waals surface area contributed by atoms with E-state index in [1.165, 1.54) is 0 Å². The average molecular weight is 259 g/mol. The van der Waals surface area contributed by atoms with E-state index in [9.17, 15) is 9.59 Å². The minimum Gasteiger partial charge on any atom is -0.408 e. The molecule has 19 heavy (non-hydrogen) atoms. The molecule has 0 saturated heterocycles. The van der Waals surface area contributed by atoms with Gasteiger partial charge in [0.05, 0.1) is 11.6 Å². The standard InChI is InChI=1S/C13H13N3O3/c14-6-1-2-12(17)15-7-5-9-3-4-10-11(8-9)19-13(18)16-10/h3-4,8H,1-2,5,7H2,(H,15,17)(H,16,18). The molecule has 0 aliphatic carbocycles. The highest BCUT2D eigenvalue weighted by molar-refractivity contribution is 5.76. The van der Waals surface area contributed by atoms with Crippen LogP contribution in [0.1, 0.15) is 18.4 Å². The third kappa shape index (κ3) is 3.45. The molecule has 0 radical (unpaired) electrons. The molecule has 0 saturated carbocycles. The lowest BCUT2D eigenvalue weighted by atomic mass is 10.1. The number of nitrogens with zero attached hydrogens (tertiary/aromatic N) is 1. The van der Waals surface area contributed by atoms with Gasteiger partial charge in [-0.05, 0) is 24.1 Å². The first-order chi connectivity index (χ1) is 9.19. The van der Waals surface area contributed by atoms with E-state index in [1.54, 1.807) is 12.1 Å². The Balaban J connectivity index is 1.89. The molecule has 2 N–H and O–H groups in total. The maximum Gasteiger partial charge on any atom is 0.417 e. The average Bonchev–Trinajstić information content (AvgIpc) is 2.75. The molecule has 2 rings (SSSR count). The number of carbonyl (C=O) groups is 1. The first kappa shape index (κ1) is 12.9. The zero-order chi connectivity index (χ0) is 13.7. The normalized spacial score (nSPS) is 10.3. The van der Waals surface area contributed by atoms with Crippen LogP contribution in [0.3, 0.4) is 0 Å². The van der Waals surface area contributed by atoms with E-state index in [2.05, 4.69) is 10.3 Å². The number of oxazole rings is 1. The molecule has 6 heteroatoms. The molecule has 0 fully saturated rings. The molecule has 0 aliphatic heterocycles. The van der Waals surface area contributed by atoms with Gasteiger partial charge in [0.1, 0.15) is 0 Å². The molecule has 1 aromatic carbocycles. The summed E-state index contributed by atoms with van der Waals surface area (Å²) in [5.41, 5.74) is 2.14. The predicted molar refractivity (Wildman–Crippen MR) is 68.4 cm³/mol. The summed E-state index contributed by atoms with van der Waals surface area (Å²) in [4.78, 5) is 24.8. The Kier molecular flexibility index (Phi) is 3.98. The number of hydrogen-bond acceptors (Lipinski definition) is 4. The fourth-order valence-corrected chi connectivity index (χ4v) is 1.75. The highest BCUT2D eigenvalue weighted by Gasteiger charge is 2.03. The summed E-state index contributed by atoms with van der Waals surface area (Å²) in [5.74, 6) is -0.604. The summed E-state index contributed by atoms with van der Waals surface area (Å²) in [6.07, 6.45) is 1.09. The monoisotopic (exact) mass is 259 g/mol. The van der Waals surface area contributed by atoms with Crippen LogP contribution in [0.5, 0.6) is 0 Å². The van der Waals surface area contributed by atoms with Gasteiger partial charge in [-0.1, -0.05) is 6.07 Å². The van der Waals surface area contributed by atoms with Crippen LogP contribution in [0, 0.1) is 11.3 Å². The fraction of sp³-hybridized carbons (Fsp3) is 0.308. The number of benzene rings is 1. The molecule has 0 atom stereocenters. The van der Waals surface area contributed by atoms with Crippen LogP contribution in [0.15, 0.2) is 27.4 Å². The minimum absolute atomic E-state index is 0.129. The Morgan fingerprint density at radius 1 is 1.47 bits per heavy atom. The second-order valence-electron chi connectivity index (χ2n) is 4.10. The van der Waals surface area contributed by atoms with E-state index >= 15 is 0 Å². The molecule has 6 nitrogen and oxygen atoms in total. The van der Waals surface area contributed by atoms with Gasteiger partial charge in [0, 0.05) is 19.4 Å². The van der Waals surface area contributed by atoms with Crippen molar-refractivity contribution in [1.29, 1.82) is 5.26 Å². The van der Waals surface area contributed by atoms with Crippen molar-refractivity contribution in [1.82, 2.24) is 10.3 Å². The topological polar surface area (TPSA) is 98.9 Å². The maximum atomic E-state index is 11.3. The van der Waals surface area contributed by atoms with E-state index in [4.69, 9.17) is 9.68 Å². The molecule has 0 unspecified atom stereocenters. The van der Waals surface area contributed by atoms with Gasteiger partial charge in [0.2, 0.25) is 5.91 Å². The van der Waals surface area contributed by atoms with Crippen LogP contribution in [0.4, 0.5) is 0 Å². The smallest absolute Gasteiger partial charge is 0.408 e. The highest BCUT2D eigenvalue weighted by atomic mass is 16.4. The summed E-state index contributed by atoms with van der Waals surface area (Å²) in [6, 6.07) is 7.34. The van der Waals surface area contributed by atoms with Crippen LogP contribution in [-0.4, -0.2) is 17.4 Å². The van der Waals surface area contributed by atoms with Crippen LogP contribution in [0.2, 0.25) is 0 Å². The maximum absolute atomic E-state index is 11.3. The largest absolute Gasteiger partial charge is 0.417 e. The number of rotatable bonds is 5. The van der Waals surface area contributed by atoms with Gasteiger partial charge in [-0.3, -0.25) is 9.78 Å². The second-order valence-corrected chi connectivity index (χ2v) is 4.10. The minimum atomic E-state index is -0.475. The summed E-state index contributed by atoms with van der Waals surface area (Å²) >= 11 is 0. The molecular formula is C13H13N3O3. The van der Waals surface area contributed by atoms with E-state index in [0.717, 1.165) is 5.56 Å². The lowest BCUT2D eigenvalue weighted by molar-refractivity contribution is -0.120. The fourth-order valence-electron chi connectivity index (χ4n) is 1.75. The number of nitrogens with one attached hydrogen (secondary N) is 2. The van der Waals surface area contributed by atoms with Crippen molar-refractivity contribution in [3.8, 4) is 6.07 Å². The Bertz CT molecular complexity index is 678. The molecule has 1 aromatic heterocycles. The molecule has 0 spiro atoms. The van der Waals surface area contributed by atoms with Crippen molar-refractivity contribution in [3.05, 3.63) is 34.3 Å². The molecule has 0 bridgehead atoms. The van der Waals surface area contributed by atoms with Crippen molar-refractivity contribution in [2.45, 2.75) is 19.3 Å². The van der Waals surface area contributed by atoms with Gasteiger partial charge in [-0.15, -0.1) is 0 Å². The summed E-state index contributed by atoms with van der Waals surface area (Å²) in [5, 5.41) is 11.1. The summed E-state index contributed by atoms with van der Waals surface area (Å²) in [7, 11) is 0. The lowest BCUT2D eigenvalue weighted by Crippen LogP contribution is -2.25. The molecule has 98 valence electrons. The highest BCUT2D eigenvalue weighted by Crippen LogP contribution is 2.12. The second kappa shape index (κ2) is 5.87. The van der Waals surface area contributed by atoms with Gasteiger partial charge in [-0.25, -0.2) is 4.79 Å². The van der Waals surface area contributed by atoms with Crippen LogP contribution >= 0.6 is 0 Å². The van der Waals surface area contributed by atoms with Gasteiger partial charge in [0.15, 0.2) is 5.58 Å². The van der Waals surface area contributed by atoms with Gasteiger partial charge in [0.25, 0.3) is 0 Å². The Morgan fingerprint density at radius 3 is 3.11 bits per heavy atom. The quantitative estimate of drug-likeness (QED) is 0.839. The lowest BCUT2D eigenvalue weighted by Gasteiger charge is -2.03. The number of amides is 1. The third-order valence-corrected chi connectivity index (χ3v) is 2.69. The van der Waals surface area contributed by atoms with E-state index in [-0.39, 0.29) is 18.7 Å². The van der Waals surface area contributed by atoms with Crippen LogP contribution < -0.4 is 11.1 Å². The van der Waals surface area contributed by atoms with Gasteiger partial charge in [-0.2, -0.15) is 5.26 Å². The van der Waals surface area contributed by atoms with Gasteiger partial charge >= 0.3 is 5.76 Å². The van der Waals surface area contributed by atoms with Crippen molar-refractivity contribution < 1.29 is 9.21 Å². The predicted octanol–water partition coefficient (Wildman–Crippen LogP) is 1.08. The zero-order valence-corrected chi connectivity index (χ0v) is 10.2. The Hall–Kier alpha value is -2.55. The van der Waals surface area contributed by atoms with Crippen molar-refractivity contribution in [2.75, 3.05) is 6.54 Å². The number of aromatic amines is 1. The molecular weight excluding hydrogens is 246 g/mol. The van der Waals surface area contributed by atoms with E-state index in [1.807, 2.05) is 12.1 Å². The summed E-state index contributed by atoms with van der Waals surface area (Å²) in [6.45, 7) is 0.490. The number of carbonyl (C=O) groups excluding carboxylic acids is 1. The molecule has 1 heterocycles. The van der Waals surface area contributed by atoms with Crippen molar-refractivity contribution >= 4 is 17.0 Å². The number of fused-ring (bicyclic) bond motifs is 1. The SMILES string of the molecule is N#CCCC(=O)NCCc1ccc2[nH]c(=O)oc2c1. The van der Waals surface area contributed by atoms with Crippen molar-refractivity contribution in [3.63, 3.8) is 0 Å². The molecule has 1 amide bonds.